The zero-order chi connectivity index (χ0) is 18.5. The van der Waals surface area contributed by atoms with Gasteiger partial charge in [-0.1, -0.05) is 0 Å². The molecule has 1 amide bonds. The van der Waals surface area contributed by atoms with Crippen molar-refractivity contribution in [2.45, 2.75) is 38.0 Å². The first kappa shape index (κ1) is 18.0. The predicted molar refractivity (Wildman–Crippen MR) is 104 cm³/mol. The zero-order valence-corrected chi connectivity index (χ0v) is 15.8. The van der Waals surface area contributed by atoms with E-state index in [1.54, 1.807) is 18.7 Å². The third kappa shape index (κ3) is 4.33. The molecular formula is C21H27N5O. The number of aromatic nitrogens is 3. The number of piperidine rings is 2. The Labute approximate surface area is 160 Å². The fourth-order valence-corrected chi connectivity index (χ4v) is 4.28. The zero-order valence-electron chi connectivity index (χ0n) is 15.8. The monoisotopic (exact) mass is 365 g/mol. The minimum atomic E-state index is 0.285. The van der Waals surface area contributed by atoms with Crippen LogP contribution < -0.4 is 0 Å². The van der Waals surface area contributed by atoms with Gasteiger partial charge in [-0.15, -0.1) is 0 Å². The molecule has 2 fully saturated rings. The lowest BCUT2D eigenvalue weighted by Crippen LogP contribution is -2.45. The van der Waals surface area contributed by atoms with Gasteiger partial charge in [-0.25, -0.2) is 9.97 Å². The third-order valence-electron chi connectivity index (χ3n) is 5.69. The van der Waals surface area contributed by atoms with Crippen LogP contribution in [0.25, 0.3) is 11.1 Å². The average Bonchev–Trinajstić information content (AvgIpc) is 2.75. The van der Waals surface area contributed by atoms with E-state index in [4.69, 9.17) is 0 Å². The average molecular weight is 365 g/mol. The molecule has 0 aliphatic carbocycles. The van der Waals surface area contributed by atoms with Gasteiger partial charge in [0.05, 0.1) is 12.2 Å². The van der Waals surface area contributed by atoms with E-state index in [0.29, 0.717) is 12.5 Å². The summed E-state index contributed by atoms with van der Waals surface area (Å²) < 4.78 is 0. The molecule has 142 valence electrons. The van der Waals surface area contributed by atoms with Gasteiger partial charge in [-0.05, 0) is 56.3 Å². The largest absolute Gasteiger partial charge is 0.342 e. The Hall–Kier alpha value is -2.34. The van der Waals surface area contributed by atoms with Gasteiger partial charge >= 0.3 is 0 Å². The highest BCUT2D eigenvalue weighted by Crippen LogP contribution is 2.32. The van der Waals surface area contributed by atoms with E-state index < -0.39 is 0 Å². The first-order chi connectivity index (χ1) is 13.3. The van der Waals surface area contributed by atoms with Crippen LogP contribution in [0.2, 0.25) is 0 Å². The summed E-state index contributed by atoms with van der Waals surface area (Å²) in [5.41, 5.74) is 3.27. The molecule has 0 N–H and O–H groups in total. The number of nitrogens with zero attached hydrogens (tertiary/aromatic N) is 5. The number of rotatable bonds is 4. The van der Waals surface area contributed by atoms with Crippen molar-refractivity contribution in [3.63, 3.8) is 0 Å². The van der Waals surface area contributed by atoms with Crippen LogP contribution in [0.1, 0.15) is 43.7 Å². The Bertz CT molecular complexity index is 760. The number of likely N-dealkylation sites (tertiary alicyclic amines) is 2. The van der Waals surface area contributed by atoms with Crippen molar-refractivity contribution in [3.8, 4) is 11.1 Å². The van der Waals surface area contributed by atoms with Gasteiger partial charge < -0.3 is 4.90 Å². The summed E-state index contributed by atoms with van der Waals surface area (Å²) in [4.78, 5) is 30.0. The minimum Gasteiger partial charge on any atom is -0.342 e. The molecule has 0 spiro atoms. The number of amides is 1. The van der Waals surface area contributed by atoms with Crippen molar-refractivity contribution >= 4 is 5.91 Å². The van der Waals surface area contributed by atoms with E-state index in [9.17, 15) is 4.79 Å². The van der Waals surface area contributed by atoms with E-state index in [2.05, 4.69) is 19.9 Å². The fraction of sp³-hybridized carbons (Fsp3) is 0.524. The fourth-order valence-electron chi connectivity index (χ4n) is 4.28. The topological polar surface area (TPSA) is 62.2 Å². The van der Waals surface area contributed by atoms with Gasteiger partial charge in [0, 0.05) is 49.7 Å². The van der Waals surface area contributed by atoms with Crippen molar-refractivity contribution in [3.05, 3.63) is 42.7 Å². The van der Waals surface area contributed by atoms with Crippen molar-refractivity contribution in [2.75, 3.05) is 32.7 Å². The van der Waals surface area contributed by atoms with Crippen molar-refractivity contribution < 1.29 is 4.79 Å². The highest BCUT2D eigenvalue weighted by molar-refractivity contribution is 5.78. The molecule has 0 saturated carbocycles. The quantitative estimate of drug-likeness (QED) is 0.834. The third-order valence-corrected chi connectivity index (χ3v) is 5.69. The van der Waals surface area contributed by atoms with E-state index >= 15 is 0 Å². The molecule has 1 atom stereocenters. The van der Waals surface area contributed by atoms with Crippen LogP contribution in [0.5, 0.6) is 0 Å². The smallest absolute Gasteiger partial charge is 0.236 e. The summed E-state index contributed by atoms with van der Waals surface area (Å²) in [6.07, 6.45) is 12.9. The lowest BCUT2D eigenvalue weighted by molar-refractivity contribution is -0.133. The van der Waals surface area contributed by atoms with Crippen molar-refractivity contribution in [1.82, 2.24) is 24.8 Å². The van der Waals surface area contributed by atoms with E-state index in [0.717, 1.165) is 68.7 Å². The van der Waals surface area contributed by atoms with Crippen LogP contribution in [-0.4, -0.2) is 63.4 Å². The number of carbonyl (C=O) groups is 1. The first-order valence-corrected chi connectivity index (χ1v) is 10.0. The second-order valence-electron chi connectivity index (χ2n) is 7.57. The van der Waals surface area contributed by atoms with Crippen LogP contribution in [0.4, 0.5) is 0 Å². The van der Waals surface area contributed by atoms with Gasteiger partial charge in [0.15, 0.2) is 0 Å². The second kappa shape index (κ2) is 8.57. The highest BCUT2D eigenvalue weighted by atomic mass is 16.2. The normalized spacial score (nSPS) is 21.2. The maximum Gasteiger partial charge on any atom is 0.236 e. The molecule has 2 aromatic rings. The lowest BCUT2D eigenvalue weighted by Gasteiger charge is -2.35. The molecule has 6 heteroatoms. The molecular weight excluding hydrogens is 338 g/mol. The molecule has 4 heterocycles. The molecule has 6 nitrogen and oxygen atoms in total. The molecule has 2 aliphatic rings. The van der Waals surface area contributed by atoms with Gasteiger partial charge in [0.25, 0.3) is 0 Å². The van der Waals surface area contributed by atoms with Gasteiger partial charge in [-0.3, -0.25) is 14.7 Å². The predicted octanol–water partition coefficient (Wildman–Crippen LogP) is 2.73. The minimum absolute atomic E-state index is 0.285. The Kier molecular flexibility index (Phi) is 5.72. The van der Waals surface area contributed by atoms with Crippen LogP contribution in [0, 0.1) is 0 Å². The Morgan fingerprint density at radius 1 is 1.04 bits per heavy atom. The maximum atomic E-state index is 12.6. The molecule has 0 aromatic carbocycles. The SMILES string of the molecule is O=C(CN1CCCC(c2ncncc2-c2ccncc2)C1)N1CCCCC1. The van der Waals surface area contributed by atoms with Gasteiger partial charge in [0.1, 0.15) is 6.33 Å². The Morgan fingerprint density at radius 3 is 2.67 bits per heavy atom. The molecule has 1 unspecified atom stereocenters. The maximum absolute atomic E-state index is 12.6. The Balaban J connectivity index is 1.46. The number of hydrogen-bond acceptors (Lipinski definition) is 5. The summed E-state index contributed by atoms with van der Waals surface area (Å²) in [6.45, 7) is 4.26. The van der Waals surface area contributed by atoms with Crippen LogP contribution >= 0.6 is 0 Å². The summed E-state index contributed by atoms with van der Waals surface area (Å²) in [5, 5.41) is 0. The number of pyridine rings is 1. The molecule has 2 aromatic heterocycles. The van der Waals surface area contributed by atoms with Crippen LogP contribution in [0.3, 0.4) is 0 Å². The Morgan fingerprint density at radius 2 is 1.85 bits per heavy atom. The van der Waals surface area contributed by atoms with Crippen LogP contribution in [-0.2, 0) is 4.79 Å². The summed E-state index contributed by atoms with van der Waals surface area (Å²) >= 11 is 0. The van der Waals surface area contributed by atoms with E-state index in [1.165, 1.54) is 6.42 Å². The molecule has 2 saturated heterocycles. The number of carbonyl (C=O) groups excluding carboxylic acids is 1. The molecule has 0 bridgehead atoms. The number of hydrogen-bond donors (Lipinski definition) is 0. The molecule has 27 heavy (non-hydrogen) atoms. The summed E-state index contributed by atoms with van der Waals surface area (Å²) in [5.74, 6) is 0.617. The molecule has 2 aliphatic heterocycles. The second-order valence-corrected chi connectivity index (χ2v) is 7.57. The summed E-state index contributed by atoms with van der Waals surface area (Å²) in [7, 11) is 0. The molecule has 0 radical (unpaired) electrons. The highest BCUT2D eigenvalue weighted by Gasteiger charge is 2.27. The van der Waals surface area contributed by atoms with E-state index in [-0.39, 0.29) is 5.91 Å². The van der Waals surface area contributed by atoms with Crippen molar-refractivity contribution in [1.29, 1.82) is 0 Å². The first-order valence-electron chi connectivity index (χ1n) is 10.0. The van der Waals surface area contributed by atoms with Gasteiger partial charge in [-0.2, -0.15) is 0 Å². The van der Waals surface area contributed by atoms with Crippen LogP contribution in [0.15, 0.2) is 37.1 Å². The van der Waals surface area contributed by atoms with Crippen molar-refractivity contribution in [2.24, 2.45) is 0 Å². The lowest BCUT2D eigenvalue weighted by atomic mass is 9.90. The molecule has 4 rings (SSSR count). The van der Waals surface area contributed by atoms with Gasteiger partial charge in [0.2, 0.25) is 5.91 Å². The van der Waals surface area contributed by atoms with E-state index in [1.807, 2.05) is 23.2 Å². The summed E-state index contributed by atoms with van der Waals surface area (Å²) in [6, 6.07) is 4.01. The standard InChI is InChI=1S/C21H27N5O/c27-20(26-11-2-1-3-12-26)15-25-10-4-5-18(14-25)21-19(13-23-16-24-21)17-6-8-22-9-7-17/h6-9,13,16,18H,1-5,10-12,14-15H2.